The Hall–Kier alpha value is -3.73. The van der Waals surface area contributed by atoms with E-state index in [-0.39, 0.29) is 82.7 Å². The first kappa shape index (κ1) is 62.8. The van der Waals surface area contributed by atoms with Crippen LogP contribution in [0.5, 0.6) is 11.8 Å². The Morgan fingerprint density at radius 1 is 0.905 bits per heavy atom. The Morgan fingerprint density at radius 3 is 2.12 bits per heavy atom. The number of ketones is 1. The summed E-state index contributed by atoms with van der Waals surface area (Å²) in [4.78, 5) is 82.1. The molecule has 2 aliphatic heterocycles. The van der Waals surface area contributed by atoms with Crippen molar-refractivity contribution in [2.45, 2.75) is 227 Å². The van der Waals surface area contributed by atoms with Crippen LogP contribution in [0, 0.1) is 35.0 Å². The standard InChI is InChI=1S/C58H102N6O10/c1-16-40(8)51(46(72-14)36-48(67)62-32-26-27-44(62)52(73-15)42(10)45(65)28-25-29-58(37-41(58)9)56(71)64-33-23-24-34-74-64)61(13)55(70)49(38(4)5)59-53(68)50(39(6)7)60(12)30-21-19-20-22-31-63-47(66)35-43(54(63)69)57(11,17-2)18-3/h35,38-42,44,46,49-52,66,69H,16-34,36-37H2,1-15H3,(H,59,68). The van der Waals surface area contributed by atoms with Gasteiger partial charge in [0.2, 0.25) is 17.7 Å². The fourth-order valence-electron chi connectivity index (χ4n) is 12.3. The summed E-state index contributed by atoms with van der Waals surface area (Å²) in [6.45, 7) is 25.2. The summed E-state index contributed by atoms with van der Waals surface area (Å²) < 4.78 is 13.8. The monoisotopic (exact) mass is 1040 g/mol. The number of ether oxygens (including phenoxy) is 2. The molecule has 3 fully saturated rings. The summed E-state index contributed by atoms with van der Waals surface area (Å²) in [6.07, 6.45) is 10.5. The van der Waals surface area contributed by atoms with Gasteiger partial charge in [0.25, 0.3) is 5.91 Å². The molecular formula is C58H102N6O10. The molecule has 1 aromatic rings. The maximum absolute atomic E-state index is 14.7. The van der Waals surface area contributed by atoms with Gasteiger partial charge in [-0.2, -0.15) is 0 Å². The first-order valence-corrected chi connectivity index (χ1v) is 28.7. The van der Waals surface area contributed by atoms with Crippen LogP contribution in [0.1, 0.15) is 184 Å². The highest BCUT2D eigenvalue weighted by Crippen LogP contribution is 2.57. The van der Waals surface area contributed by atoms with Crippen molar-refractivity contribution < 1.29 is 48.5 Å². The number of aromatic nitrogens is 1. The smallest absolute Gasteiger partial charge is 0.252 e. The molecule has 3 N–H and O–H groups in total. The average Bonchev–Trinajstić information content (AvgIpc) is 3.63. The van der Waals surface area contributed by atoms with Crippen LogP contribution in [0.2, 0.25) is 0 Å². The summed E-state index contributed by atoms with van der Waals surface area (Å²) in [5.74, 6) is -0.713. The van der Waals surface area contributed by atoms with Crippen LogP contribution in [0.4, 0.5) is 0 Å². The highest BCUT2D eigenvalue weighted by molar-refractivity contribution is 5.90. The van der Waals surface area contributed by atoms with E-state index in [4.69, 9.17) is 14.3 Å². The van der Waals surface area contributed by atoms with E-state index in [1.54, 1.807) is 41.9 Å². The number of nitrogens with zero attached hydrogens (tertiary/aromatic N) is 5. The van der Waals surface area contributed by atoms with Gasteiger partial charge in [-0.3, -0.25) is 38.3 Å². The molecule has 4 amide bonds. The topological polar surface area (TPSA) is 183 Å². The number of hydroxylamine groups is 2. The van der Waals surface area contributed by atoms with Gasteiger partial charge in [0.15, 0.2) is 11.8 Å². The number of Topliss-reactive ketones (excluding diaryl/α,β-unsaturated/α-hetero) is 1. The van der Waals surface area contributed by atoms with E-state index in [0.29, 0.717) is 58.5 Å². The van der Waals surface area contributed by atoms with E-state index in [1.165, 1.54) is 0 Å². The molecule has 3 aliphatic rings. The predicted octanol–water partition coefficient (Wildman–Crippen LogP) is 8.87. The number of amides is 4. The van der Waals surface area contributed by atoms with Crippen LogP contribution in [0.25, 0.3) is 0 Å². The van der Waals surface area contributed by atoms with E-state index in [1.807, 2.05) is 46.6 Å². The summed E-state index contributed by atoms with van der Waals surface area (Å²) in [7, 11) is 6.90. The second-order valence-electron chi connectivity index (χ2n) is 23.6. The van der Waals surface area contributed by atoms with E-state index >= 15 is 0 Å². The number of likely N-dealkylation sites (tertiary alicyclic amines) is 1. The number of carbonyl (C=O) groups excluding carboxylic acids is 5. The molecule has 0 spiro atoms. The molecule has 0 radical (unpaired) electrons. The lowest BCUT2D eigenvalue weighted by atomic mass is 9.79. The van der Waals surface area contributed by atoms with Crippen molar-refractivity contribution in [2.75, 3.05) is 54.6 Å². The zero-order chi connectivity index (χ0) is 55.2. The van der Waals surface area contributed by atoms with Gasteiger partial charge in [-0.15, -0.1) is 0 Å². The number of likely N-dealkylation sites (N-methyl/N-ethyl adjacent to an activating group) is 2. The fourth-order valence-corrected chi connectivity index (χ4v) is 12.3. The van der Waals surface area contributed by atoms with E-state index < -0.39 is 41.7 Å². The quantitative estimate of drug-likeness (QED) is 0.0586. The molecule has 4 rings (SSSR count). The normalized spacial score (nSPS) is 22.1. The number of methoxy groups -OCH3 is 2. The van der Waals surface area contributed by atoms with Gasteiger partial charge in [-0.25, -0.2) is 5.06 Å². The molecule has 424 valence electrons. The van der Waals surface area contributed by atoms with Crippen molar-refractivity contribution >= 4 is 29.4 Å². The van der Waals surface area contributed by atoms with Crippen LogP contribution < -0.4 is 5.32 Å². The lowest BCUT2D eigenvalue weighted by Crippen LogP contribution is -2.60. The van der Waals surface area contributed by atoms with E-state index in [2.05, 4.69) is 51.8 Å². The zero-order valence-corrected chi connectivity index (χ0v) is 48.7. The lowest BCUT2D eigenvalue weighted by molar-refractivity contribution is -0.203. The Balaban J connectivity index is 1.35. The number of unbranched alkanes of at least 4 members (excludes halogenated alkanes) is 3. The molecule has 16 heteroatoms. The molecule has 0 aromatic carbocycles. The van der Waals surface area contributed by atoms with Crippen molar-refractivity contribution in [1.29, 1.82) is 0 Å². The minimum absolute atomic E-state index is 0.0297. The zero-order valence-electron chi connectivity index (χ0n) is 48.7. The molecule has 16 nitrogen and oxygen atoms in total. The number of carbonyl (C=O) groups is 5. The third-order valence-electron chi connectivity index (χ3n) is 18.0. The molecular weight excluding hydrogens is 941 g/mol. The minimum atomic E-state index is -0.816. The SMILES string of the molecule is CCC(C)C(C(CC(=O)N1CCCC1C(OC)C(C)C(=O)CCCC1(C(=O)N2CCCCO2)CC1C)OC)N(C)C(=O)C(NC(=O)C(C(C)C)N(C)CCCCCCn1c(O)cc(C(C)(CC)CC)c1O)C(C)C. The van der Waals surface area contributed by atoms with Gasteiger partial charge in [0.1, 0.15) is 11.8 Å². The molecule has 0 bridgehead atoms. The molecule has 1 aromatic heterocycles. The van der Waals surface area contributed by atoms with Crippen molar-refractivity contribution in [1.82, 2.24) is 29.6 Å². The summed E-state index contributed by atoms with van der Waals surface area (Å²) in [5, 5.41) is 26.4. The summed E-state index contributed by atoms with van der Waals surface area (Å²) >= 11 is 0. The highest BCUT2D eigenvalue weighted by Gasteiger charge is 2.58. The first-order chi connectivity index (χ1) is 35.0. The van der Waals surface area contributed by atoms with E-state index in [0.717, 1.165) is 76.2 Å². The van der Waals surface area contributed by atoms with Crippen molar-refractivity contribution in [3.8, 4) is 11.8 Å². The molecule has 1 aliphatic carbocycles. The summed E-state index contributed by atoms with van der Waals surface area (Å²) in [5.41, 5.74) is 0.134. The maximum Gasteiger partial charge on any atom is 0.252 e. The van der Waals surface area contributed by atoms with Gasteiger partial charge in [-0.05, 0) is 113 Å². The third-order valence-corrected chi connectivity index (χ3v) is 18.0. The van der Waals surface area contributed by atoms with Crippen LogP contribution in [-0.2, 0) is 50.2 Å². The number of aromatic hydroxyl groups is 2. The molecule has 1 saturated carbocycles. The minimum Gasteiger partial charge on any atom is -0.494 e. The Kier molecular flexibility index (Phi) is 24.3. The molecule has 74 heavy (non-hydrogen) atoms. The van der Waals surface area contributed by atoms with E-state index in [9.17, 15) is 34.2 Å². The number of hydrogen-bond donors (Lipinski definition) is 3. The fraction of sp³-hybridized carbons (Fsp3) is 0.845. The predicted molar refractivity (Wildman–Crippen MR) is 290 cm³/mol. The number of rotatable bonds is 32. The molecule has 10 atom stereocenters. The maximum atomic E-state index is 14.7. The van der Waals surface area contributed by atoms with Gasteiger partial charge < -0.3 is 34.8 Å². The third kappa shape index (κ3) is 15.1. The molecule has 3 heterocycles. The lowest BCUT2D eigenvalue weighted by Gasteiger charge is -2.41. The van der Waals surface area contributed by atoms with Crippen LogP contribution >= 0.6 is 0 Å². The number of nitrogens with one attached hydrogen (secondary N) is 1. The van der Waals surface area contributed by atoms with Gasteiger partial charge in [-0.1, -0.05) is 95.4 Å². The Morgan fingerprint density at radius 2 is 1.57 bits per heavy atom. The van der Waals surface area contributed by atoms with Crippen molar-refractivity contribution in [3.63, 3.8) is 0 Å². The largest absolute Gasteiger partial charge is 0.494 e. The second kappa shape index (κ2) is 28.6. The Bertz CT molecular complexity index is 1960. The molecule has 10 unspecified atom stereocenters. The van der Waals surface area contributed by atoms with Gasteiger partial charge in [0, 0.05) is 64.9 Å². The second-order valence-corrected chi connectivity index (χ2v) is 23.6. The van der Waals surface area contributed by atoms with Crippen LogP contribution in [0.3, 0.4) is 0 Å². The van der Waals surface area contributed by atoms with Gasteiger partial charge >= 0.3 is 0 Å². The number of hydrogen-bond acceptors (Lipinski definition) is 11. The summed E-state index contributed by atoms with van der Waals surface area (Å²) in [6, 6.07) is -0.365. The van der Waals surface area contributed by atoms with Crippen molar-refractivity contribution in [3.05, 3.63) is 11.6 Å². The molecule has 2 saturated heterocycles. The highest BCUT2D eigenvalue weighted by atomic mass is 16.7. The van der Waals surface area contributed by atoms with Crippen LogP contribution in [-0.4, -0.2) is 155 Å². The van der Waals surface area contributed by atoms with Crippen molar-refractivity contribution in [2.24, 2.45) is 35.0 Å². The average molecular weight is 1040 g/mol. The van der Waals surface area contributed by atoms with Gasteiger partial charge in [0.05, 0.1) is 48.8 Å². The Labute approximate surface area is 446 Å². The van der Waals surface area contributed by atoms with Crippen LogP contribution in [0.15, 0.2) is 6.07 Å². The first-order valence-electron chi connectivity index (χ1n) is 28.7.